The minimum atomic E-state index is -0.608. The van der Waals surface area contributed by atoms with Crippen molar-refractivity contribution in [1.82, 2.24) is 15.4 Å². The van der Waals surface area contributed by atoms with Crippen molar-refractivity contribution >= 4 is 23.2 Å². The molecule has 0 aliphatic carbocycles. The molecule has 120 valence electrons. The first kappa shape index (κ1) is 15.0. The van der Waals surface area contributed by atoms with E-state index in [2.05, 4.69) is 25.7 Å². The molecule has 1 aromatic carbocycles. The number of nitrogens with one attached hydrogen (secondary N) is 2. The monoisotopic (exact) mass is 316 g/mol. The lowest BCUT2D eigenvalue weighted by atomic mass is 10.2. The number of anilines is 3. The molecule has 4 N–H and O–H groups in total. The lowest BCUT2D eigenvalue weighted by Gasteiger charge is -2.19. The van der Waals surface area contributed by atoms with Crippen LogP contribution in [0.1, 0.15) is 23.2 Å². The molecule has 1 saturated heterocycles. The summed E-state index contributed by atoms with van der Waals surface area (Å²) in [7, 11) is 0. The number of aromatic nitrogens is 2. The van der Waals surface area contributed by atoms with Gasteiger partial charge in [0.1, 0.15) is 17.8 Å². The third-order valence-electron chi connectivity index (χ3n) is 3.68. The van der Waals surface area contributed by atoms with Gasteiger partial charge >= 0.3 is 0 Å². The highest BCUT2D eigenvalue weighted by atomic mass is 19.1. The number of nitrogen functional groups attached to an aromatic ring is 1. The average molecular weight is 316 g/mol. The second-order valence-corrected chi connectivity index (χ2v) is 5.21. The van der Waals surface area contributed by atoms with Crippen LogP contribution in [0.5, 0.6) is 0 Å². The zero-order valence-electron chi connectivity index (χ0n) is 12.4. The van der Waals surface area contributed by atoms with E-state index in [1.54, 1.807) is 6.07 Å². The average Bonchev–Trinajstić information content (AvgIpc) is 3.08. The van der Waals surface area contributed by atoms with Gasteiger partial charge in [0.05, 0.1) is 5.56 Å². The van der Waals surface area contributed by atoms with E-state index in [0.717, 1.165) is 25.9 Å². The minimum absolute atomic E-state index is 0.0626. The highest BCUT2D eigenvalue weighted by molar-refractivity contribution is 5.95. The van der Waals surface area contributed by atoms with Crippen LogP contribution in [0.15, 0.2) is 30.6 Å². The van der Waals surface area contributed by atoms with Crippen molar-refractivity contribution < 1.29 is 9.18 Å². The first-order chi connectivity index (χ1) is 11.2. The van der Waals surface area contributed by atoms with Gasteiger partial charge in [0, 0.05) is 13.1 Å². The maximum absolute atomic E-state index is 13.6. The molecule has 0 bridgehead atoms. The molecule has 2 aromatic rings. The van der Waals surface area contributed by atoms with Gasteiger partial charge in [0.15, 0.2) is 11.6 Å². The number of carbonyl (C=O) groups excluding carboxylic acids is 1. The number of benzene rings is 1. The molecule has 0 spiro atoms. The van der Waals surface area contributed by atoms with E-state index in [9.17, 15) is 9.18 Å². The fourth-order valence-electron chi connectivity index (χ4n) is 2.50. The lowest BCUT2D eigenvalue weighted by molar-refractivity contribution is 0.0958. The first-order valence-corrected chi connectivity index (χ1v) is 7.33. The van der Waals surface area contributed by atoms with Gasteiger partial charge in [-0.2, -0.15) is 0 Å². The summed E-state index contributed by atoms with van der Waals surface area (Å²) in [5.41, 5.74) is 11.4. The molecule has 0 radical (unpaired) electrons. The Balaban J connectivity index is 1.72. The molecule has 0 atom stereocenters. The Hall–Kier alpha value is -2.90. The Kier molecular flexibility index (Phi) is 4.22. The van der Waals surface area contributed by atoms with Crippen LogP contribution in [-0.2, 0) is 0 Å². The van der Waals surface area contributed by atoms with Gasteiger partial charge in [-0.3, -0.25) is 15.6 Å². The summed E-state index contributed by atoms with van der Waals surface area (Å²) in [4.78, 5) is 22.3. The third kappa shape index (κ3) is 3.15. The Morgan fingerprint density at radius 1 is 1.22 bits per heavy atom. The maximum Gasteiger partial charge on any atom is 0.272 e. The molecule has 7 nitrogen and oxygen atoms in total. The number of nitrogens with two attached hydrogens (primary N) is 1. The zero-order chi connectivity index (χ0) is 16.2. The summed E-state index contributed by atoms with van der Waals surface area (Å²) in [6.07, 6.45) is 3.56. The van der Waals surface area contributed by atoms with Gasteiger partial charge in [0.2, 0.25) is 0 Å². The van der Waals surface area contributed by atoms with Crippen molar-refractivity contribution in [3.8, 4) is 0 Å². The van der Waals surface area contributed by atoms with Crippen molar-refractivity contribution in [3.05, 3.63) is 42.0 Å². The van der Waals surface area contributed by atoms with Crippen LogP contribution in [0.2, 0.25) is 0 Å². The van der Waals surface area contributed by atoms with Gasteiger partial charge < -0.3 is 10.6 Å². The minimum Gasteiger partial charge on any atom is -0.393 e. The van der Waals surface area contributed by atoms with Crippen molar-refractivity contribution in [2.75, 3.05) is 29.1 Å². The lowest BCUT2D eigenvalue weighted by Crippen LogP contribution is -2.31. The molecule has 1 aliphatic rings. The van der Waals surface area contributed by atoms with Gasteiger partial charge in [-0.05, 0) is 25.0 Å². The van der Waals surface area contributed by atoms with Gasteiger partial charge in [-0.15, -0.1) is 0 Å². The van der Waals surface area contributed by atoms with Crippen molar-refractivity contribution in [2.24, 2.45) is 0 Å². The molecule has 1 fully saturated rings. The molecule has 2 heterocycles. The van der Waals surface area contributed by atoms with Gasteiger partial charge in [-0.1, -0.05) is 12.1 Å². The predicted molar refractivity (Wildman–Crippen MR) is 85.4 cm³/mol. The Labute approximate surface area is 132 Å². The molecule has 0 unspecified atom stereocenters. The van der Waals surface area contributed by atoms with Crippen LogP contribution in [-0.4, -0.2) is 29.0 Å². The van der Waals surface area contributed by atoms with Crippen molar-refractivity contribution in [2.45, 2.75) is 12.8 Å². The van der Waals surface area contributed by atoms with Crippen molar-refractivity contribution in [1.29, 1.82) is 0 Å². The zero-order valence-corrected chi connectivity index (χ0v) is 12.4. The normalized spacial score (nSPS) is 13.9. The number of carbonyl (C=O) groups is 1. The molecule has 3 rings (SSSR count). The van der Waals surface area contributed by atoms with Crippen LogP contribution >= 0.6 is 0 Å². The third-order valence-corrected chi connectivity index (χ3v) is 3.68. The van der Waals surface area contributed by atoms with Crippen LogP contribution in [0.4, 0.5) is 21.7 Å². The van der Waals surface area contributed by atoms with Gasteiger partial charge in [0.25, 0.3) is 5.91 Å². The van der Waals surface area contributed by atoms with Crippen LogP contribution < -0.4 is 21.5 Å². The fourth-order valence-corrected chi connectivity index (χ4v) is 2.50. The Bertz CT molecular complexity index is 717. The van der Waals surface area contributed by atoms with E-state index in [4.69, 9.17) is 5.73 Å². The summed E-state index contributed by atoms with van der Waals surface area (Å²) >= 11 is 0. The van der Waals surface area contributed by atoms with Gasteiger partial charge in [-0.25, -0.2) is 14.4 Å². The van der Waals surface area contributed by atoms with Crippen molar-refractivity contribution in [3.63, 3.8) is 0 Å². The SMILES string of the molecule is Nc1c(NNC(=O)c2ccccc2F)ncnc1N1CCCC1. The standard InChI is InChI=1S/C15H17FN6O/c16-11-6-2-1-5-10(11)15(23)21-20-13-12(17)14(19-9-18-13)22-7-3-4-8-22/h1-2,5-6,9H,3-4,7-8,17H2,(H,21,23)(H,18,19,20). The number of amides is 1. The molecular formula is C15H17FN6O. The van der Waals surface area contributed by atoms with E-state index in [-0.39, 0.29) is 11.4 Å². The molecule has 1 aliphatic heterocycles. The van der Waals surface area contributed by atoms with Crippen LogP contribution in [0.3, 0.4) is 0 Å². The summed E-state index contributed by atoms with van der Waals surface area (Å²) in [5.74, 6) is -0.282. The Morgan fingerprint density at radius 2 is 1.96 bits per heavy atom. The highest BCUT2D eigenvalue weighted by Gasteiger charge is 2.19. The van der Waals surface area contributed by atoms with E-state index >= 15 is 0 Å². The molecule has 8 heteroatoms. The highest BCUT2D eigenvalue weighted by Crippen LogP contribution is 2.28. The summed E-state index contributed by atoms with van der Waals surface area (Å²) in [6, 6.07) is 5.72. The van der Waals surface area contributed by atoms with E-state index in [1.807, 2.05) is 0 Å². The number of rotatable bonds is 4. The van der Waals surface area contributed by atoms with Crippen LogP contribution in [0.25, 0.3) is 0 Å². The molecule has 1 amide bonds. The number of hydrazine groups is 1. The smallest absolute Gasteiger partial charge is 0.272 e. The summed E-state index contributed by atoms with van der Waals surface area (Å²) in [5, 5.41) is 0. The molecular weight excluding hydrogens is 299 g/mol. The molecule has 1 aromatic heterocycles. The summed E-state index contributed by atoms with van der Waals surface area (Å²) in [6.45, 7) is 1.78. The molecule has 23 heavy (non-hydrogen) atoms. The van der Waals surface area contributed by atoms with E-state index in [0.29, 0.717) is 11.5 Å². The summed E-state index contributed by atoms with van der Waals surface area (Å²) < 4.78 is 13.6. The first-order valence-electron chi connectivity index (χ1n) is 7.33. The number of halogens is 1. The number of hydrogen-bond acceptors (Lipinski definition) is 6. The van der Waals surface area contributed by atoms with E-state index < -0.39 is 11.7 Å². The Morgan fingerprint density at radius 3 is 2.70 bits per heavy atom. The fraction of sp³-hybridized carbons (Fsp3) is 0.267. The quantitative estimate of drug-likeness (QED) is 0.741. The maximum atomic E-state index is 13.6. The number of nitrogens with zero attached hydrogens (tertiary/aromatic N) is 3. The second-order valence-electron chi connectivity index (χ2n) is 5.21. The number of hydrogen-bond donors (Lipinski definition) is 3. The molecule has 0 saturated carbocycles. The largest absolute Gasteiger partial charge is 0.393 e. The van der Waals surface area contributed by atoms with Crippen LogP contribution in [0, 0.1) is 5.82 Å². The van der Waals surface area contributed by atoms with E-state index in [1.165, 1.54) is 24.5 Å². The predicted octanol–water partition coefficient (Wildman–Crippen LogP) is 1.56. The topological polar surface area (TPSA) is 96.2 Å². The second kappa shape index (κ2) is 6.47.